The number of piperidine rings is 1. The third kappa shape index (κ3) is 4.48. The summed E-state index contributed by atoms with van der Waals surface area (Å²) in [4.78, 5) is 24.6. The van der Waals surface area contributed by atoms with E-state index >= 15 is 0 Å². The predicted molar refractivity (Wildman–Crippen MR) is 83.0 cm³/mol. The van der Waals surface area contributed by atoms with Gasteiger partial charge in [0.25, 0.3) is 5.91 Å². The van der Waals surface area contributed by atoms with Crippen molar-refractivity contribution in [3.63, 3.8) is 0 Å². The zero-order valence-electron chi connectivity index (χ0n) is 13.2. The van der Waals surface area contributed by atoms with E-state index in [9.17, 15) is 9.59 Å². The van der Waals surface area contributed by atoms with Crippen molar-refractivity contribution in [2.45, 2.75) is 33.1 Å². The first-order valence-electron chi connectivity index (χ1n) is 7.65. The Morgan fingerprint density at radius 2 is 1.91 bits per heavy atom. The Bertz CT molecular complexity index is 548. The van der Waals surface area contributed by atoms with Crippen molar-refractivity contribution in [2.24, 2.45) is 5.92 Å². The van der Waals surface area contributed by atoms with Crippen molar-refractivity contribution >= 4 is 11.9 Å². The predicted octanol–water partition coefficient (Wildman–Crippen LogP) is 2.40. The summed E-state index contributed by atoms with van der Waals surface area (Å²) in [7, 11) is 0. The number of benzene rings is 1. The molecule has 1 heterocycles. The number of hydrogen-bond acceptors (Lipinski definition) is 3. The summed E-state index contributed by atoms with van der Waals surface area (Å²) in [5.74, 6) is 0.0919. The number of rotatable bonds is 5. The summed E-state index contributed by atoms with van der Waals surface area (Å²) in [6.45, 7) is 5.31. The maximum Gasteiger partial charge on any atom is 0.303 e. The Balaban J connectivity index is 1.78. The van der Waals surface area contributed by atoms with Crippen LogP contribution in [0.3, 0.4) is 0 Å². The summed E-state index contributed by atoms with van der Waals surface area (Å²) in [5.41, 5.74) is 2.33. The number of amides is 1. The molecule has 5 heteroatoms. The lowest BCUT2D eigenvalue weighted by molar-refractivity contribution is -0.139. The first-order valence-corrected chi connectivity index (χ1v) is 7.65. The van der Waals surface area contributed by atoms with Gasteiger partial charge in [-0.25, -0.2) is 0 Å². The third-order valence-electron chi connectivity index (χ3n) is 4.27. The van der Waals surface area contributed by atoms with Crippen molar-refractivity contribution in [1.82, 2.24) is 4.90 Å². The van der Waals surface area contributed by atoms with Crippen LogP contribution in [0.25, 0.3) is 0 Å². The number of aliphatic carboxylic acids is 1. The number of ether oxygens (including phenoxy) is 1. The first kappa shape index (κ1) is 16.3. The molecule has 0 aromatic heterocycles. The van der Waals surface area contributed by atoms with Gasteiger partial charge in [0.15, 0.2) is 6.61 Å². The molecule has 0 unspecified atom stereocenters. The van der Waals surface area contributed by atoms with Crippen LogP contribution in [0.5, 0.6) is 5.75 Å². The Morgan fingerprint density at radius 1 is 1.23 bits per heavy atom. The van der Waals surface area contributed by atoms with Crippen molar-refractivity contribution in [3.05, 3.63) is 29.3 Å². The molecule has 1 N–H and O–H groups in total. The van der Waals surface area contributed by atoms with Crippen LogP contribution in [0, 0.1) is 19.8 Å². The minimum atomic E-state index is -0.761. The van der Waals surface area contributed by atoms with Crippen LogP contribution in [0.1, 0.15) is 30.4 Å². The fraction of sp³-hybridized carbons (Fsp3) is 0.529. The molecular formula is C17H23NO4. The SMILES string of the molecule is Cc1ccc(OCC(=O)N2CCC(CC(=O)O)CC2)cc1C. The smallest absolute Gasteiger partial charge is 0.303 e. The van der Waals surface area contributed by atoms with Crippen LogP contribution in [0.2, 0.25) is 0 Å². The molecule has 1 aliphatic heterocycles. The summed E-state index contributed by atoms with van der Waals surface area (Å²) in [6.07, 6.45) is 1.70. The number of aryl methyl sites for hydroxylation is 2. The molecule has 0 aliphatic carbocycles. The van der Waals surface area contributed by atoms with Crippen LogP contribution < -0.4 is 4.74 Å². The topological polar surface area (TPSA) is 66.8 Å². The molecule has 1 fully saturated rings. The number of hydrogen-bond donors (Lipinski definition) is 1. The average molecular weight is 305 g/mol. The second-order valence-electron chi connectivity index (χ2n) is 5.96. The second-order valence-corrected chi connectivity index (χ2v) is 5.96. The molecular weight excluding hydrogens is 282 g/mol. The van der Waals surface area contributed by atoms with Gasteiger partial charge in [-0.1, -0.05) is 6.07 Å². The molecule has 1 amide bonds. The van der Waals surface area contributed by atoms with Gasteiger partial charge in [0.2, 0.25) is 0 Å². The van der Waals surface area contributed by atoms with Gasteiger partial charge in [-0.15, -0.1) is 0 Å². The first-order chi connectivity index (χ1) is 10.5. The van der Waals surface area contributed by atoms with E-state index in [0.717, 1.165) is 18.4 Å². The minimum Gasteiger partial charge on any atom is -0.484 e. The van der Waals surface area contributed by atoms with Gasteiger partial charge in [0.1, 0.15) is 5.75 Å². The Labute approximate surface area is 130 Å². The molecule has 0 atom stereocenters. The molecule has 2 rings (SSSR count). The molecule has 1 saturated heterocycles. The van der Waals surface area contributed by atoms with E-state index in [1.165, 1.54) is 5.56 Å². The molecule has 0 spiro atoms. The summed E-state index contributed by atoms with van der Waals surface area (Å²) >= 11 is 0. The van der Waals surface area contributed by atoms with Crippen LogP contribution in [0.15, 0.2) is 18.2 Å². The Morgan fingerprint density at radius 3 is 2.50 bits per heavy atom. The van der Waals surface area contributed by atoms with Gasteiger partial charge in [-0.3, -0.25) is 9.59 Å². The molecule has 1 aromatic rings. The van der Waals surface area contributed by atoms with Gasteiger partial charge in [0.05, 0.1) is 0 Å². The van der Waals surface area contributed by atoms with Crippen molar-refractivity contribution < 1.29 is 19.4 Å². The zero-order chi connectivity index (χ0) is 16.1. The fourth-order valence-electron chi connectivity index (χ4n) is 2.67. The van der Waals surface area contributed by atoms with E-state index in [1.54, 1.807) is 4.90 Å². The van der Waals surface area contributed by atoms with Crippen LogP contribution in [-0.4, -0.2) is 41.6 Å². The van der Waals surface area contributed by atoms with Gasteiger partial charge in [0, 0.05) is 19.5 Å². The molecule has 0 bridgehead atoms. The van der Waals surface area contributed by atoms with E-state index in [2.05, 4.69) is 0 Å². The highest BCUT2D eigenvalue weighted by atomic mass is 16.5. The van der Waals surface area contributed by atoms with Gasteiger partial charge in [-0.2, -0.15) is 0 Å². The monoisotopic (exact) mass is 305 g/mol. The van der Waals surface area contributed by atoms with Crippen molar-refractivity contribution in [2.75, 3.05) is 19.7 Å². The van der Waals surface area contributed by atoms with E-state index in [-0.39, 0.29) is 24.9 Å². The lowest BCUT2D eigenvalue weighted by Gasteiger charge is -2.31. The average Bonchev–Trinajstić information content (AvgIpc) is 2.48. The summed E-state index contributed by atoms with van der Waals surface area (Å²) < 4.78 is 5.56. The molecule has 22 heavy (non-hydrogen) atoms. The van der Waals surface area contributed by atoms with Gasteiger partial charge in [-0.05, 0) is 55.9 Å². The van der Waals surface area contributed by atoms with E-state index in [0.29, 0.717) is 18.8 Å². The molecule has 1 aliphatic rings. The minimum absolute atomic E-state index is 0.0338. The Kier molecular flexibility index (Phi) is 5.41. The second kappa shape index (κ2) is 7.29. The summed E-state index contributed by atoms with van der Waals surface area (Å²) in [5, 5.41) is 8.79. The molecule has 0 radical (unpaired) electrons. The van der Waals surface area contributed by atoms with Crippen LogP contribution in [-0.2, 0) is 9.59 Å². The standard InChI is InChI=1S/C17H23NO4/c1-12-3-4-15(9-13(12)2)22-11-16(19)18-7-5-14(6-8-18)10-17(20)21/h3-4,9,14H,5-8,10-11H2,1-2H3,(H,20,21). The van der Waals surface area contributed by atoms with E-state index < -0.39 is 5.97 Å². The van der Waals surface area contributed by atoms with E-state index in [1.807, 2.05) is 32.0 Å². The molecule has 1 aromatic carbocycles. The number of carbonyl (C=O) groups excluding carboxylic acids is 1. The van der Waals surface area contributed by atoms with Crippen LogP contribution >= 0.6 is 0 Å². The van der Waals surface area contributed by atoms with E-state index in [4.69, 9.17) is 9.84 Å². The largest absolute Gasteiger partial charge is 0.484 e. The maximum atomic E-state index is 12.1. The zero-order valence-corrected chi connectivity index (χ0v) is 13.2. The fourth-order valence-corrected chi connectivity index (χ4v) is 2.67. The number of carboxylic acid groups (broad SMARTS) is 1. The lowest BCUT2D eigenvalue weighted by Crippen LogP contribution is -2.41. The number of carboxylic acids is 1. The molecule has 0 saturated carbocycles. The number of carbonyl (C=O) groups is 2. The van der Waals surface area contributed by atoms with Crippen LogP contribution in [0.4, 0.5) is 0 Å². The highest BCUT2D eigenvalue weighted by Crippen LogP contribution is 2.21. The highest BCUT2D eigenvalue weighted by molar-refractivity contribution is 5.78. The van der Waals surface area contributed by atoms with Crippen molar-refractivity contribution in [3.8, 4) is 5.75 Å². The highest BCUT2D eigenvalue weighted by Gasteiger charge is 2.24. The maximum absolute atomic E-state index is 12.1. The van der Waals surface area contributed by atoms with Gasteiger partial charge < -0.3 is 14.7 Å². The third-order valence-corrected chi connectivity index (χ3v) is 4.27. The van der Waals surface area contributed by atoms with Crippen molar-refractivity contribution in [1.29, 1.82) is 0 Å². The molecule has 120 valence electrons. The van der Waals surface area contributed by atoms with Gasteiger partial charge >= 0.3 is 5.97 Å². The quantitative estimate of drug-likeness (QED) is 0.907. The molecule has 5 nitrogen and oxygen atoms in total. The number of nitrogens with zero attached hydrogens (tertiary/aromatic N) is 1. The summed E-state index contributed by atoms with van der Waals surface area (Å²) in [6, 6.07) is 5.78. The normalized spacial score (nSPS) is 15.6. The Hall–Kier alpha value is -2.04. The lowest BCUT2D eigenvalue weighted by atomic mass is 9.94. The number of likely N-dealkylation sites (tertiary alicyclic amines) is 1.